The van der Waals surface area contributed by atoms with E-state index in [9.17, 15) is 9.18 Å². The molecule has 2 amide bonds. The van der Waals surface area contributed by atoms with Crippen LogP contribution in [0.5, 0.6) is 0 Å². The van der Waals surface area contributed by atoms with Gasteiger partial charge in [0.05, 0.1) is 10.7 Å². The van der Waals surface area contributed by atoms with Crippen molar-refractivity contribution in [2.24, 2.45) is 0 Å². The molecule has 0 spiro atoms. The number of rotatable bonds is 4. The Morgan fingerprint density at radius 3 is 2.52 bits per heavy atom. The molecule has 1 aliphatic rings. The number of hydrogen-bond acceptors (Lipinski definition) is 2. The number of amides is 2. The Labute approximate surface area is 152 Å². The van der Waals surface area contributed by atoms with E-state index in [4.69, 9.17) is 11.6 Å². The highest BCUT2D eigenvalue weighted by Crippen LogP contribution is 2.24. The van der Waals surface area contributed by atoms with Crippen LogP contribution in [0.1, 0.15) is 18.4 Å². The van der Waals surface area contributed by atoms with E-state index in [0.29, 0.717) is 0 Å². The summed E-state index contributed by atoms with van der Waals surface area (Å²) >= 11 is 5.92. The Morgan fingerprint density at radius 1 is 1.12 bits per heavy atom. The van der Waals surface area contributed by atoms with Gasteiger partial charge in [0.15, 0.2) is 0 Å². The third kappa shape index (κ3) is 4.94. The summed E-state index contributed by atoms with van der Waals surface area (Å²) in [6.45, 7) is 2.76. The third-order valence-electron chi connectivity index (χ3n) is 4.37. The second kappa shape index (κ2) is 8.32. The van der Waals surface area contributed by atoms with Crippen molar-refractivity contribution in [1.82, 2.24) is 10.2 Å². The van der Waals surface area contributed by atoms with E-state index in [1.807, 2.05) is 18.2 Å². The second-order valence-corrected chi connectivity index (χ2v) is 6.64. The fraction of sp³-hybridized carbons (Fsp3) is 0.316. The lowest BCUT2D eigenvalue weighted by Gasteiger charge is -2.32. The van der Waals surface area contributed by atoms with Gasteiger partial charge in [-0.1, -0.05) is 48.0 Å². The Kier molecular flexibility index (Phi) is 5.89. The first-order chi connectivity index (χ1) is 12.1. The number of benzene rings is 2. The summed E-state index contributed by atoms with van der Waals surface area (Å²) in [6, 6.07) is 14.3. The smallest absolute Gasteiger partial charge is 0.319 e. The van der Waals surface area contributed by atoms with Gasteiger partial charge >= 0.3 is 6.03 Å². The number of anilines is 1. The normalized spacial score (nSPS) is 15.8. The SMILES string of the molecule is O=C(Nc1c(F)cccc1Cl)NC1CCN(Cc2ccccc2)CC1. The number of carbonyl (C=O) groups excluding carboxylic acids is 1. The molecule has 1 saturated heterocycles. The van der Waals surface area contributed by atoms with Gasteiger partial charge in [0.2, 0.25) is 0 Å². The first kappa shape index (κ1) is 17.7. The van der Waals surface area contributed by atoms with E-state index in [0.717, 1.165) is 32.5 Å². The number of piperidine rings is 1. The van der Waals surface area contributed by atoms with Gasteiger partial charge in [-0.25, -0.2) is 9.18 Å². The predicted molar refractivity (Wildman–Crippen MR) is 98.3 cm³/mol. The number of urea groups is 1. The van der Waals surface area contributed by atoms with Crippen LogP contribution < -0.4 is 10.6 Å². The van der Waals surface area contributed by atoms with Crippen molar-refractivity contribution >= 4 is 23.3 Å². The van der Waals surface area contributed by atoms with Gasteiger partial charge in [-0.05, 0) is 30.5 Å². The fourth-order valence-corrected chi connectivity index (χ4v) is 3.24. The Bertz CT molecular complexity index is 698. The van der Waals surface area contributed by atoms with Gasteiger partial charge in [0, 0.05) is 25.7 Å². The first-order valence-corrected chi connectivity index (χ1v) is 8.77. The maximum absolute atomic E-state index is 13.7. The molecular formula is C19H21ClFN3O. The van der Waals surface area contributed by atoms with Gasteiger partial charge in [-0.15, -0.1) is 0 Å². The van der Waals surface area contributed by atoms with Gasteiger partial charge < -0.3 is 10.6 Å². The zero-order chi connectivity index (χ0) is 17.6. The molecule has 0 unspecified atom stereocenters. The van der Waals surface area contributed by atoms with Crippen LogP contribution in [0.3, 0.4) is 0 Å². The minimum Gasteiger partial charge on any atom is -0.335 e. The molecule has 1 aliphatic heterocycles. The first-order valence-electron chi connectivity index (χ1n) is 8.39. The highest BCUT2D eigenvalue weighted by molar-refractivity contribution is 6.33. The molecule has 0 bridgehead atoms. The molecule has 2 aromatic rings. The van der Waals surface area contributed by atoms with Crippen molar-refractivity contribution in [2.75, 3.05) is 18.4 Å². The van der Waals surface area contributed by atoms with E-state index < -0.39 is 11.8 Å². The van der Waals surface area contributed by atoms with Gasteiger partial charge in [0.1, 0.15) is 5.82 Å². The third-order valence-corrected chi connectivity index (χ3v) is 4.69. The molecule has 4 nitrogen and oxygen atoms in total. The molecule has 0 aromatic heterocycles. The van der Waals surface area contributed by atoms with Crippen LogP contribution in [-0.4, -0.2) is 30.1 Å². The van der Waals surface area contributed by atoms with Crippen LogP contribution >= 0.6 is 11.6 Å². The lowest BCUT2D eigenvalue weighted by atomic mass is 10.0. The molecule has 2 aromatic carbocycles. The van der Waals surface area contributed by atoms with Crippen LogP contribution in [0, 0.1) is 5.82 Å². The molecular weight excluding hydrogens is 341 g/mol. The number of hydrogen-bond donors (Lipinski definition) is 2. The average molecular weight is 362 g/mol. The number of halogens is 2. The van der Waals surface area contributed by atoms with Crippen LogP contribution in [0.25, 0.3) is 0 Å². The number of nitrogens with zero attached hydrogens (tertiary/aromatic N) is 1. The maximum Gasteiger partial charge on any atom is 0.319 e. The highest BCUT2D eigenvalue weighted by atomic mass is 35.5. The monoisotopic (exact) mass is 361 g/mol. The predicted octanol–water partition coefficient (Wildman–Crippen LogP) is 4.27. The van der Waals surface area contributed by atoms with Crippen LogP contribution in [0.4, 0.5) is 14.9 Å². The van der Waals surface area contributed by atoms with Crippen molar-refractivity contribution in [3.05, 3.63) is 64.9 Å². The van der Waals surface area contributed by atoms with Gasteiger partial charge in [-0.3, -0.25) is 4.90 Å². The fourth-order valence-electron chi connectivity index (χ4n) is 3.03. The molecule has 0 radical (unpaired) electrons. The molecule has 0 atom stereocenters. The molecule has 2 N–H and O–H groups in total. The van der Waals surface area contributed by atoms with E-state index in [1.54, 1.807) is 6.07 Å². The summed E-state index contributed by atoms with van der Waals surface area (Å²) in [4.78, 5) is 14.5. The Morgan fingerprint density at radius 2 is 1.84 bits per heavy atom. The van der Waals surface area contributed by atoms with E-state index >= 15 is 0 Å². The van der Waals surface area contributed by atoms with Crippen LogP contribution in [0.2, 0.25) is 5.02 Å². The lowest BCUT2D eigenvalue weighted by molar-refractivity contribution is 0.190. The van der Waals surface area contributed by atoms with Crippen molar-refractivity contribution < 1.29 is 9.18 Å². The lowest BCUT2D eigenvalue weighted by Crippen LogP contribution is -2.45. The summed E-state index contributed by atoms with van der Waals surface area (Å²) in [7, 11) is 0. The molecule has 1 fully saturated rings. The maximum atomic E-state index is 13.7. The van der Waals surface area contributed by atoms with E-state index in [-0.39, 0.29) is 16.8 Å². The summed E-state index contributed by atoms with van der Waals surface area (Å²) < 4.78 is 13.7. The van der Waals surface area contributed by atoms with Crippen LogP contribution in [0.15, 0.2) is 48.5 Å². The van der Waals surface area contributed by atoms with Crippen molar-refractivity contribution in [2.45, 2.75) is 25.4 Å². The summed E-state index contributed by atoms with van der Waals surface area (Å²) in [5, 5.41) is 5.60. The van der Waals surface area contributed by atoms with Crippen LogP contribution in [-0.2, 0) is 6.54 Å². The zero-order valence-electron chi connectivity index (χ0n) is 13.8. The summed E-state index contributed by atoms with van der Waals surface area (Å²) in [5.74, 6) is -0.541. The molecule has 6 heteroatoms. The van der Waals surface area contributed by atoms with Crippen molar-refractivity contribution in [1.29, 1.82) is 0 Å². The number of likely N-dealkylation sites (tertiary alicyclic amines) is 1. The Balaban J connectivity index is 1.46. The largest absolute Gasteiger partial charge is 0.335 e. The standard InChI is InChI=1S/C19H21ClFN3O/c20-16-7-4-8-17(21)18(16)23-19(25)22-15-9-11-24(12-10-15)13-14-5-2-1-3-6-14/h1-8,15H,9-13H2,(H2,22,23,25). The van der Waals surface area contributed by atoms with Gasteiger partial charge in [0.25, 0.3) is 0 Å². The molecule has 25 heavy (non-hydrogen) atoms. The molecule has 0 aliphatic carbocycles. The van der Waals surface area contributed by atoms with E-state index in [2.05, 4.69) is 27.7 Å². The molecule has 1 heterocycles. The topological polar surface area (TPSA) is 44.4 Å². The van der Waals surface area contributed by atoms with E-state index in [1.165, 1.54) is 17.7 Å². The number of para-hydroxylation sites is 1. The zero-order valence-corrected chi connectivity index (χ0v) is 14.6. The molecule has 0 saturated carbocycles. The molecule has 3 rings (SSSR count). The summed E-state index contributed by atoms with van der Waals surface area (Å²) in [5.41, 5.74) is 1.31. The summed E-state index contributed by atoms with van der Waals surface area (Å²) in [6.07, 6.45) is 1.73. The Hall–Kier alpha value is -2.11. The van der Waals surface area contributed by atoms with Crippen molar-refractivity contribution in [3.8, 4) is 0 Å². The number of nitrogens with one attached hydrogen (secondary N) is 2. The minimum atomic E-state index is -0.541. The van der Waals surface area contributed by atoms with Gasteiger partial charge in [-0.2, -0.15) is 0 Å². The van der Waals surface area contributed by atoms with Crippen molar-refractivity contribution in [3.63, 3.8) is 0 Å². The quantitative estimate of drug-likeness (QED) is 0.854. The number of carbonyl (C=O) groups is 1. The average Bonchev–Trinajstić information content (AvgIpc) is 2.61. The highest BCUT2D eigenvalue weighted by Gasteiger charge is 2.21. The second-order valence-electron chi connectivity index (χ2n) is 6.23. The molecule has 132 valence electrons. The minimum absolute atomic E-state index is 0.0168.